The van der Waals surface area contributed by atoms with E-state index < -0.39 is 0 Å². The van der Waals surface area contributed by atoms with Crippen molar-refractivity contribution in [3.05, 3.63) is 29.8 Å². The van der Waals surface area contributed by atoms with Crippen molar-refractivity contribution in [2.45, 2.75) is 31.7 Å². The molecule has 0 aromatic heterocycles. The van der Waals surface area contributed by atoms with E-state index in [9.17, 15) is 9.59 Å². The molecule has 5 nitrogen and oxygen atoms in total. The maximum atomic E-state index is 12.2. The summed E-state index contributed by atoms with van der Waals surface area (Å²) in [4.78, 5) is 25.8. The SMILES string of the molecule is O=C(CNC1CC1)Nc1ccc(C(=O)N2CCCC2)cc1. The first kappa shape index (κ1) is 14.1. The molecule has 1 aromatic carbocycles. The summed E-state index contributed by atoms with van der Waals surface area (Å²) in [5.74, 6) is 0.0429. The molecule has 3 rings (SSSR count). The van der Waals surface area contributed by atoms with Crippen molar-refractivity contribution >= 4 is 17.5 Å². The lowest BCUT2D eigenvalue weighted by molar-refractivity contribution is -0.115. The van der Waals surface area contributed by atoms with Crippen molar-refractivity contribution in [1.82, 2.24) is 10.2 Å². The Hall–Kier alpha value is -1.88. The Morgan fingerprint density at radius 3 is 2.38 bits per heavy atom. The van der Waals surface area contributed by atoms with Gasteiger partial charge in [0.2, 0.25) is 5.91 Å². The van der Waals surface area contributed by atoms with Crippen LogP contribution in [0.2, 0.25) is 0 Å². The lowest BCUT2D eigenvalue weighted by Gasteiger charge is -2.15. The Balaban J connectivity index is 1.52. The van der Waals surface area contributed by atoms with Crippen LogP contribution in [-0.2, 0) is 4.79 Å². The van der Waals surface area contributed by atoms with Gasteiger partial charge in [0.25, 0.3) is 5.91 Å². The maximum Gasteiger partial charge on any atom is 0.253 e. The minimum absolute atomic E-state index is 0.0412. The fraction of sp³-hybridized carbons (Fsp3) is 0.500. The zero-order chi connectivity index (χ0) is 14.7. The number of hydrogen-bond donors (Lipinski definition) is 2. The number of carbonyl (C=O) groups excluding carboxylic acids is 2. The summed E-state index contributed by atoms with van der Waals surface area (Å²) in [5.41, 5.74) is 1.42. The van der Waals surface area contributed by atoms with Crippen LogP contribution < -0.4 is 10.6 Å². The summed E-state index contributed by atoms with van der Waals surface area (Å²) in [5, 5.41) is 6.00. The predicted molar refractivity (Wildman–Crippen MR) is 81.2 cm³/mol. The molecule has 0 spiro atoms. The van der Waals surface area contributed by atoms with E-state index >= 15 is 0 Å². The minimum atomic E-state index is -0.0412. The highest BCUT2D eigenvalue weighted by Gasteiger charge is 2.21. The second-order valence-electron chi connectivity index (χ2n) is 5.78. The highest BCUT2D eigenvalue weighted by molar-refractivity contribution is 5.96. The van der Waals surface area contributed by atoms with E-state index in [1.807, 2.05) is 4.90 Å². The molecule has 1 aliphatic heterocycles. The number of benzene rings is 1. The molecule has 2 N–H and O–H groups in total. The van der Waals surface area contributed by atoms with Crippen molar-refractivity contribution in [1.29, 1.82) is 0 Å². The molecule has 2 amide bonds. The van der Waals surface area contributed by atoms with E-state index in [1.54, 1.807) is 24.3 Å². The summed E-state index contributed by atoms with van der Waals surface area (Å²) in [6.45, 7) is 2.05. The summed E-state index contributed by atoms with van der Waals surface area (Å²) < 4.78 is 0. The highest BCUT2D eigenvalue weighted by atomic mass is 16.2. The molecular formula is C16H21N3O2. The van der Waals surface area contributed by atoms with E-state index in [1.165, 1.54) is 12.8 Å². The van der Waals surface area contributed by atoms with Gasteiger partial charge in [0.05, 0.1) is 6.54 Å². The quantitative estimate of drug-likeness (QED) is 0.865. The van der Waals surface area contributed by atoms with Gasteiger partial charge in [-0.2, -0.15) is 0 Å². The van der Waals surface area contributed by atoms with Crippen LogP contribution in [0.15, 0.2) is 24.3 Å². The van der Waals surface area contributed by atoms with Crippen LogP contribution in [0.3, 0.4) is 0 Å². The molecule has 1 aromatic rings. The van der Waals surface area contributed by atoms with Crippen LogP contribution in [0, 0.1) is 0 Å². The largest absolute Gasteiger partial charge is 0.339 e. The number of rotatable bonds is 5. The molecule has 1 saturated carbocycles. The Morgan fingerprint density at radius 1 is 1.10 bits per heavy atom. The molecule has 0 radical (unpaired) electrons. The average molecular weight is 287 g/mol. The van der Waals surface area contributed by atoms with Crippen LogP contribution in [0.1, 0.15) is 36.0 Å². The smallest absolute Gasteiger partial charge is 0.253 e. The van der Waals surface area contributed by atoms with Crippen LogP contribution in [0.4, 0.5) is 5.69 Å². The molecule has 0 bridgehead atoms. The van der Waals surface area contributed by atoms with Gasteiger partial charge in [0, 0.05) is 30.4 Å². The van der Waals surface area contributed by atoms with E-state index in [4.69, 9.17) is 0 Å². The molecule has 1 aliphatic carbocycles. The first-order chi connectivity index (χ1) is 10.2. The molecule has 0 atom stereocenters. The van der Waals surface area contributed by atoms with Crippen LogP contribution >= 0.6 is 0 Å². The number of likely N-dealkylation sites (tertiary alicyclic amines) is 1. The highest BCUT2D eigenvalue weighted by Crippen LogP contribution is 2.18. The monoisotopic (exact) mass is 287 g/mol. The second kappa shape index (κ2) is 6.26. The first-order valence-electron chi connectivity index (χ1n) is 7.65. The Morgan fingerprint density at radius 2 is 1.76 bits per heavy atom. The van der Waals surface area contributed by atoms with Gasteiger partial charge in [-0.1, -0.05) is 0 Å². The van der Waals surface area contributed by atoms with Crippen LogP contribution in [0.25, 0.3) is 0 Å². The summed E-state index contributed by atoms with van der Waals surface area (Å²) in [6, 6.07) is 7.67. The number of nitrogens with one attached hydrogen (secondary N) is 2. The summed E-state index contributed by atoms with van der Waals surface area (Å²) >= 11 is 0. The molecule has 1 heterocycles. The Kier molecular flexibility index (Phi) is 4.20. The number of nitrogens with zero attached hydrogens (tertiary/aromatic N) is 1. The third-order valence-corrected chi connectivity index (χ3v) is 3.94. The van der Waals surface area contributed by atoms with Gasteiger partial charge in [0.15, 0.2) is 0 Å². The molecule has 5 heteroatoms. The fourth-order valence-corrected chi connectivity index (χ4v) is 2.53. The van der Waals surface area contributed by atoms with Crippen molar-refractivity contribution in [2.75, 3.05) is 25.0 Å². The van der Waals surface area contributed by atoms with E-state index in [2.05, 4.69) is 10.6 Å². The number of hydrogen-bond acceptors (Lipinski definition) is 3. The number of anilines is 1. The van der Waals surface area contributed by atoms with Crippen molar-refractivity contribution in [2.24, 2.45) is 0 Å². The predicted octanol–water partition coefficient (Wildman–Crippen LogP) is 1.61. The zero-order valence-corrected chi connectivity index (χ0v) is 12.1. The normalized spacial score (nSPS) is 17.8. The number of amides is 2. The van der Waals surface area contributed by atoms with Crippen LogP contribution in [-0.4, -0.2) is 42.4 Å². The van der Waals surface area contributed by atoms with Gasteiger partial charge in [0.1, 0.15) is 0 Å². The third kappa shape index (κ3) is 3.82. The molecule has 0 unspecified atom stereocenters. The third-order valence-electron chi connectivity index (χ3n) is 3.94. The molecule has 2 fully saturated rings. The van der Waals surface area contributed by atoms with E-state index in [0.717, 1.165) is 31.6 Å². The van der Waals surface area contributed by atoms with Gasteiger partial charge in [-0.3, -0.25) is 9.59 Å². The summed E-state index contributed by atoms with van der Waals surface area (Å²) in [7, 11) is 0. The van der Waals surface area contributed by atoms with Gasteiger partial charge >= 0.3 is 0 Å². The lowest BCUT2D eigenvalue weighted by Crippen LogP contribution is -2.29. The first-order valence-corrected chi connectivity index (χ1v) is 7.65. The zero-order valence-electron chi connectivity index (χ0n) is 12.1. The van der Waals surface area contributed by atoms with Crippen molar-refractivity contribution in [3.8, 4) is 0 Å². The lowest BCUT2D eigenvalue weighted by atomic mass is 10.2. The fourth-order valence-electron chi connectivity index (χ4n) is 2.53. The van der Waals surface area contributed by atoms with Gasteiger partial charge in [-0.15, -0.1) is 0 Å². The van der Waals surface area contributed by atoms with E-state index in [0.29, 0.717) is 18.2 Å². The molecule has 2 aliphatic rings. The van der Waals surface area contributed by atoms with Gasteiger partial charge < -0.3 is 15.5 Å². The summed E-state index contributed by atoms with van der Waals surface area (Å²) in [6.07, 6.45) is 4.52. The molecule has 21 heavy (non-hydrogen) atoms. The Labute approximate surface area is 124 Å². The standard InChI is InChI=1S/C16H21N3O2/c20-15(11-17-13-7-8-13)18-14-5-3-12(4-6-14)16(21)19-9-1-2-10-19/h3-6,13,17H,1-2,7-11H2,(H,18,20). The minimum Gasteiger partial charge on any atom is -0.339 e. The molecular weight excluding hydrogens is 266 g/mol. The molecule has 112 valence electrons. The van der Waals surface area contributed by atoms with Gasteiger partial charge in [-0.05, 0) is 49.9 Å². The maximum absolute atomic E-state index is 12.2. The molecule has 1 saturated heterocycles. The second-order valence-corrected chi connectivity index (χ2v) is 5.78. The van der Waals surface area contributed by atoms with Gasteiger partial charge in [-0.25, -0.2) is 0 Å². The topological polar surface area (TPSA) is 61.4 Å². The average Bonchev–Trinajstić information content (AvgIpc) is 3.17. The number of carbonyl (C=O) groups is 2. The van der Waals surface area contributed by atoms with E-state index in [-0.39, 0.29) is 11.8 Å². The van der Waals surface area contributed by atoms with Crippen molar-refractivity contribution < 1.29 is 9.59 Å². The Bertz CT molecular complexity index is 517. The van der Waals surface area contributed by atoms with Crippen molar-refractivity contribution in [3.63, 3.8) is 0 Å². The van der Waals surface area contributed by atoms with Crippen LogP contribution in [0.5, 0.6) is 0 Å².